The van der Waals surface area contributed by atoms with Crippen LogP contribution in [-0.2, 0) is 4.74 Å². The molecule has 2 heteroatoms. The molecule has 2 nitrogen and oxygen atoms in total. The van der Waals surface area contributed by atoms with E-state index in [1.165, 1.54) is 103 Å². The van der Waals surface area contributed by atoms with Crippen molar-refractivity contribution in [3.8, 4) is 0 Å². The minimum absolute atomic E-state index is 0.732. The highest BCUT2D eigenvalue weighted by Gasteiger charge is 1.94. The molecule has 0 aromatic heterocycles. The lowest BCUT2D eigenvalue weighted by Gasteiger charge is -2.03. The summed E-state index contributed by atoms with van der Waals surface area (Å²) in [5.74, 6) is 0. The fourth-order valence-electron chi connectivity index (χ4n) is 2.84. The van der Waals surface area contributed by atoms with E-state index in [0.717, 1.165) is 19.3 Å². The van der Waals surface area contributed by atoms with Crippen LogP contribution in [0.1, 0.15) is 110 Å². The first-order valence-electron chi connectivity index (χ1n) is 9.82. The van der Waals surface area contributed by atoms with Gasteiger partial charge in [0.25, 0.3) is 0 Å². The number of ether oxygens (including phenoxy) is 1. The topological polar surface area (TPSA) is 29.5 Å². The molecule has 0 bridgehead atoms. The lowest BCUT2D eigenvalue weighted by atomic mass is 10.0. The molecule has 0 spiro atoms. The van der Waals surface area contributed by atoms with Crippen molar-refractivity contribution >= 4 is 0 Å². The molecule has 0 aliphatic heterocycles. The summed E-state index contributed by atoms with van der Waals surface area (Å²) < 4.78 is 5.07. The Bertz CT molecular complexity index is 214. The molecule has 0 amide bonds. The number of aliphatic hydroxyl groups is 1. The molecule has 0 unspecified atom stereocenters. The van der Waals surface area contributed by atoms with Crippen LogP contribution < -0.4 is 0 Å². The van der Waals surface area contributed by atoms with Crippen LogP contribution in [0.25, 0.3) is 0 Å². The van der Waals surface area contributed by atoms with Crippen molar-refractivity contribution in [1.82, 2.24) is 0 Å². The highest BCUT2D eigenvalue weighted by Crippen LogP contribution is 2.13. The van der Waals surface area contributed by atoms with Gasteiger partial charge in [0.05, 0.1) is 6.61 Å². The van der Waals surface area contributed by atoms with E-state index in [2.05, 4.69) is 6.92 Å². The van der Waals surface area contributed by atoms with Gasteiger partial charge < -0.3 is 9.84 Å². The SMILES string of the molecule is CCCCCCCCCCCCCCCCCCOC=CO. The molecule has 0 saturated carbocycles. The van der Waals surface area contributed by atoms with Gasteiger partial charge in [-0.15, -0.1) is 0 Å². The summed E-state index contributed by atoms with van der Waals surface area (Å²) in [6.07, 6.45) is 24.5. The monoisotopic (exact) mass is 312 g/mol. The van der Waals surface area contributed by atoms with E-state index in [9.17, 15) is 0 Å². The summed E-state index contributed by atoms with van der Waals surface area (Å²) in [6, 6.07) is 0. The van der Waals surface area contributed by atoms with Gasteiger partial charge in [0.2, 0.25) is 0 Å². The molecule has 0 rings (SSSR count). The van der Waals surface area contributed by atoms with Gasteiger partial charge in [-0.3, -0.25) is 0 Å². The van der Waals surface area contributed by atoms with Crippen molar-refractivity contribution in [2.45, 2.75) is 110 Å². The van der Waals surface area contributed by atoms with Gasteiger partial charge in [-0.25, -0.2) is 0 Å². The summed E-state index contributed by atoms with van der Waals surface area (Å²) >= 11 is 0. The Kier molecular flexibility index (Phi) is 19.7. The third-order valence-electron chi connectivity index (χ3n) is 4.27. The van der Waals surface area contributed by atoms with E-state index in [0.29, 0.717) is 0 Å². The van der Waals surface area contributed by atoms with Crippen LogP contribution in [0.3, 0.4) is 0 Å². The maximum absolute atomic E-state index is 8.40. The van der Waals surface area contributed by atoms with Crippen molar-refractivity contribution < 1.29 is 9.84 Å². The summed E-state index contributed by atoms with van der Waals surface area (Å²) in [7, 11) is 0. The minimum atomic E-state index is 0.732. The predicted octanol–water partition coefficient (Wildman–Crippen LogP) is 7.29. The lowest BCUT2D eigenvalue weighted by molar-refractivity contribution is 0.230. The molecule has 132 valence electrons. The molecule has 0 saturated heterocycles. The van der Waals surface area contributed by atoms with E-state index in [1.54, 1.807) is 0 Å². The van der Waals surface area contributed by atoms with Gasteiger partial charge in [-0.05, 0) is 6.42 Å². The molecule has 0 heterocycles. The summed E-state index contributed by atoms with van der Waals surface area (Å²) in [6.45, 7) is 3.01. The molecule has 0 aliphatic rings. The third kappa shape index (κ3) is 19.3. The molecule has 0 fully saturated rings. The van der Waals surface area contributed by atoms with Gasteiger partial charge in [-0.2, -0.15) is 0 Å². The second kappa shape index (κ2) is 20.3. The van der Waals surface area contributed by atoms with E-state index >= 15 is 0 Å². The number of hydrogen-bond donors (Lipinski definition) is 1. The van der Waals surface area contributed by atoms with Crippen molar-refractivity contribution in [1.29, 1.82) is 0 Å². The second-order valence-electron chi connectivity index (χ2n) is 6.46. The van der Waals surface area contributed by atoms with Crippen LogP contribution in [-0.4, -0.2) is 11.7 Å². The van der Waals surface area contributed by atoms with Crippen LogP contribution in [0.15, 0.2) is 12.5 Å². The van der Waals surface area contributed by atoms with Crippen LogP contribution in [0.5, 0.6) is 0 Å². The standard InChI is InChI=1S/C20H40O2/c1-2-3-4-5-6-7-8-9-10-11-12-13-14-15-16-17-19-22-20-18-21/h18,20-21H,2-17,19H2,1H3. The molecule has 0 aromatic carbocycles. The molecule has 0 aromatic rings. The smallest absolute Gasteiger partial charge is 0.117 e. The zero-order chi connectivity index (χ0) is 16.1. The number of hydrogen-bond acceptors (Lipinski definition) is 2. The van der Waals surface area contributed by atoms with Crippen molar-refractivity contribution in [2.75, 3.05) is 6.61 Å². The van der Waals surface area contributed by atoms with Crippen LogP contribution in [0.2, 0.25) is 0 Å². The Balaban J connectivity index is 2.94. The largest absolute Gasteiger partial charge is 0.512 e. The van der Waals surface area contributed by atoms with Crippen molar-refractivity contribution in [3.63, 3.8) is 0 Å². The zero-order valence-corrected chi connectivity index (χ0v) is 15.0. The molecule has 0 radical (unpaired) electrons. The Morgan fingerprint density at radius 1 is 0.591 bits per heavy atom. The van der Waals surface area contributed by atoms with Gasteiger partial charge in [-0.1, -0.05) is 103 Å². The molecule has 22 heavy (non-hydrogen) atoms. The zero-order valence-electron chi connectivity index (χ0n) is 15.0. The first-order chi connectivity index (χ1) is 10.9. The van der Waals surface area contributed by atoms with Crippen LogP contribution in [0, 0.1) is 0 Å². The van der Waals surface area contributed by atoms with Crippen LogP contribution >= 0.6 is 0 Å². The first kappa shape index (κ1) is 21.3. The average molecular weight is 313 g/mol. The maximum atomic E-state index is 8.40. The van der Waals surface area contributed by atoms with E-state index in [-0.39, 0.29) is 0 Å². The minimum Gasteiger partial charge on any atom is -0.512 e. The lowest BCUT2D eigenvalue weighted by Crippen LogP contribution is -1.88. The van der Waals surface area contributed by atoms with Crippen LogP contribution in [0.4, 0.5) is 0 Å². The van der Waals surface area contributed by atoms with E-state index < -0.39 is 0 Å². The number of unbranched alkanes of at least 4 members (excludes halogenated alkanes) is 15. The normalized spacial score (nSPS) is 11.3. The van der Waals surface area contributed by atoms with E-state index in [1.807, 2.05) is 0 Å². The first-order valence-corrected chi connectivity index (χ1v) is 9.82. The number of rotatable bonds is 18. The summed E-state index contributed by atoms with van der Waals surface area (Å²) in [5, 5.41) is 8.40. The fraction of sp³-hybridized carbons (Fsp3) is 0.900. The van der Waals surface area contributed by atoms with Gasteiger partial charge in [0, 0.05) is 0 Å². The molecule has 1 N–H and O–H groups in total. The predicted molar refractivity (Wildman–Crippen MR) is 97.3 cm³/mol. The Labute approximate surface area is 139 Å². The van der Waals surface area contributed by atoms with E-state index in [4.69, 9.17) is 9.84 Å². The second-order valence-corrected chi connectivity index (χ2v) is 6.46. The Morgan fingerprint density at radius 2 is 0.955 bits per heavy atom. The van der Waals surface area contributed by atoms with Gasteiger partial charge >= 0.3 is 0 Å². The fourth-order valence-corrected chi connectivity index (χ4v) is 2.84. The third-order valence-corrected chi connectivity index (χ3v) is 4.27. The Morgan fingerprint density at radius 3 is 1.32 bits per heavy atom. The maximum Gasteiger partial charge on any atom is 0.117 e. The highest BCUT2D eigenvalue weighted by molar-refractivity contribution is 4.56. The Hall–Kier alpha value is -0.660. The van der Waals surface area contributed by atoms with Gasteiger partial charge in [0.1, 0.15) is 12.5 Å². The average Bonchev–Trinajstić information content (AvgIpc) is 2.54. The molecule has 0 aliphatic carbocycles. The molecular weight excluding hydrogens is 272 g/mol. The van der Waals surface area contributed by atoms with Crippen molar-refractivity contribution in [3.05, 3.63) is 12.5 Å². The molecular formula is C20H40O2. The van der Waals surface area contributed by atoms with Crippen molar-refractivity contribution in [2.24, 2.45) is 0 Å². The summed E-state index contributed by atoms with van der Waals surface area (Å²) in [4.78, 5) is 0. The highest BCUT2D eigenvalue weighted by atomic mass is 16.5. The molecule has 0 atom stereocenters. The summed E-state index contributed by atoms with van der Waals surface area (Å²) in [5.41, 5.74) is 0. The number of aliphatic hydroxyl groups excluding tert-OH is 1. The quantitative estimate of drug-likeness (QED) is 0.212. The van der Waals surface area contributed by atoms with Gasteiger partial charge in [0.15, 0.2) is 0 Å².